The van der Waals surface area contributed by atoms with E-state index < -0.39 is 11.6 Å². The zero-order chi connectivity index (χ0) is 21.1. The number of amides is 1. The first-order chi connectivity index (χ1) is 14.5. The summed E-state index contributed by atoms with van der Waals surface area (Å²) in [5.74, 6) is -1.25. The molecular weight excluding hydrogens is 382 g/mol. The Morgan fingerprint density at radius 3 is 2.43 bits per heavy atom. The molecule has 0 aliphatic heterocycles. The van der Waals surface area contributed by atoms with Gasteiger partial charge in [-0.05, 0) is 47.5 Å². The molecule has 0 saturated heterocycles. The van der Waals surface area contributed by atoms with Crippen LogP contribution in [0.4, 0.5) is 5.69 Å². The van der Waals surface area contributed by atoms with Gasteiger partial charge in [0.25, 0.3) is 5.91 Å². The zero-order valence-electron chi connectivity index (χ0n) is 15.8. The van der Waals surface area contributed by atoms with E-state index >= 15 is 0 Å². The number of hydrogen-bond donors (Lipinski definition) is 2. The van der Waals surface area contributed by atoms with Crippen molar-refractivity contribution in [1.82, 2.24) is 0 Å². The van der Waals surface area contributed by atoms with Gasteiger partial charge in [0.05, 0.1) is 12.0 Å². The predicted octanol–water partition coefficient (Wildman–Crippen LogP) is 4.34. The van der Waals surface area contributed by atoms with Gasteiger partial charge in [0.15, 0.2) is 0 Å². The number of aliphatic carboxylic acids is 1. The van der Waals surface area contributed by atoms with E-state index in [1.807, 2.05) is 12.1 Å². The fourth-order valence-corrected chi connectivity index (χ4v) is 3.17. The van der Waals surface area contributed by atoms with Crippen LogP contribution in [0.1, 0.15) is 15.9 Å². The number of para-hydroxylation sites is 1. The highest BCUT2D eigenvalue weighted by molar-refractivity contribution is 6.05. The highest BCUT2D eigenvalue weighted by atomic mass is 16.4. The minimum Gasteiger partial charge on any atom is -0.481 e. The summed E-state index contributed by atoms with van der Waals surface area (Å²) in [5.41, 5.74) is 2.57. The zero-order valence-corrected chi connectivity index (χ0v) is 15.8. The first-order valence-corrected chi connectivity index (χ1v) is 9.25. The summed E-state index contributed by atoms with van der Waals surface area (Å²) in [6, 6.07) is 22.3. The molecule has 3 aromatic carbocycles. The van der Waals surface area contributed by atoms with E-state index in [-0.39, 0.29) is 12.3 Å². The highest BCUT2D eigenvalue weighted by Gasteiger charge is 2.12. The van der Waals surface area contributed by atoms with Crippen molar-refractivity contribution in [1.29, 1.82) is 0 Å². The number of carboxylic acid groups (broad SMARTS) is 1. The maximum atomic E-state index is 12.7. The summed E-state index contributed by atoms with van der Waals surface area (Å²) in [5, 5.41) is 12.4. The maximum absolute atomic E-state index is 12.7. The molecule has 1 heterocycles. The number of carboxylic acids is 1. The molecule has 0 spiro atoms. The number of nitrogens with one attached hydrogen (secondary N) is 1. The molecule has 1 amide bonds. The number of carbonyl (C=O) groups is 2. The molecule has 2 N–H and O–H groups in total. The third-order valence-electron chi connectivity index (χ3n) is 4.64. The Labute approximate surface area is 171 Å². The van der Waals surface area contributed by atoms with Gasteiger partial charge in [-0.15, -0.1) is 0 Å². The fraction of sp³-hybridized carbons (Fsp3) is 0.0417. The molecular formula is C24H17NO5. The van der Waals surface area contributed by atoms with E-state index in [9.17, 15) is 14.4 Å². The van der Waals surface area contributed by atoms with Crippen LogP contribution in [0.5, 0.6) is 0 Å². The average molecular weight is 399 g/mol. The summed E-state index contributed by atoms with van der Waals surface area (Å²) in [6.45, 7) is 0. The quantitative estimate of drug-likeness (QED) is 0.487. The molecule has 0 atom stereocenters. The van der Waals surface area contributed by atoms with Gasteiger partial charge in [-0.3, -0.25) is 9.59 Å². The lowest BCUT2D eigenvalue weighted by Crippen LogP contribution is -2.12. The molecule has 4 aromatic rings. The Bertz CT molecular complexity index is 1310. The van der Waals surface area contributed by atoms with E-state index in [1.165, 1.54) is 0 Å². The Balaban J connectivity index is 1.59. The second kappa shape index (κ2) is 8.05. The lowest BCUT2D eigenvalue weighted by atomic mass is 10.0. The van der Waals surface area contributed by atoms with Crippen molar-refractivity contribution in [2.75, 3.05) is 5.32 Å². The van der Waals surface area contributed by atoms with Crippen LogP contribution >= 0.6 is 0 Å². The second-order valence-corrected chi connectivity index (χ2v) is 6.79. The van der Waals surface area contributed by atoms with Crippen molar-refractivity contribution >= 4 is 28.5 Å². The number of fused-ring (bicyclic) bond motifs is 1. The lowest BCUT2D eigenvalue weighted by Gasteiger charge is -2.08. The van der Waals surface area contributed by atoms with E-state index in [4.69, 9.17) is 9.52 Å². The Morgan fingerprint density at radius 1 is 0.900 bits per heavy atom. The van der Waals surface area contributed by atoms with Gasteiger partial charge in [0, 0.05) is 16.6 Å². The normalized spacial score (nSPS) is 10.7. The number of anilines is 1. The Hall–Kier alpha value is -4.19. The number of benzene rings is 3. The van der Waals surface area contributed by atoms with Crippen molar-refractivity contribution < 1.29 is 19.1 Å². The Morgan fingerprint density at radius 2 is 1.67 bits per heavy atom. The van der Waals surface area contributed by atoms with E-state index in [0.29, 0.717) is 33.5 Å². The van der Waals surface area contributed by atoms with Gasteiger partial charge < -0.3 is 14.8 Å². The molecule has 1 aromatic heterocycles. The fourth-order valence-electron chi connectivity index (χ4n) is 3.17. The first-order valence-electron chi connectivity index (χ1n) is 9.25. The minimum atomic E-state index is -0.915. The first kappa shape index (κ1) is 19.1. The number of rotatable bonds is 5. The molecule has 0 aliphatic carbocycles. The molecule has 4 rings (SSSR count). The van der Waals surface area contributed by atoms with Crippen LogP contribution in [-0.2, 0) is 11.2 Å². The highest BCUT2D eigenvalue weighted by Crippen LogP contribution is 2.22. The van der Waals surface area contributed by atoms with Gasteiger partial charge in [0.1, 0.15) is 5.58 Å². The number of hydrogen-bond acceptors (Lipinski definition) is 4. The van der Waals surface area contributed by atoms with Crippen molar-refractivity contribution in [3.05, 3.63) is 100 Å². The van der Waals surface area contributed by atoms with Crippen molar-refractivity contribution in [2.24, 2.45) is 0 Å². The third-order valence-corrected chi connectivity index (χ3v) is 4.64. The smallest absolute Gasteiger partial charge is 0.344 e. The van der Waals surface area contributed by atoms with Gasteiger partial charge in [-0.1, -0.05) is 42.5 Å². The molecule has 6 heteroatoms. The van der Waals surface area contributed by atoms with E-state index in [1.54, 1.807) is 66.7 Å². The third kappa shape index (κ3) is 4.12. The predicted molar refractivity (Wildman–Crippen MR) is 114 cm³/mol. The van der Waals surface area contributed by atoms with Crippen LogP contribution in [0.2, 0.25) is 0 Å². The lowest BCUT2D eigenvalue weighted by molar-refractivity contribution is -0.136. The largest absolute Gasteiger partial charge is 0.481 e. The van der Waals surface area contributed by atoms with Crippen LogP contribution in [0.25, 0.3) is 22.1 Å². The molecule has 0 bridgehead atoms. The second-order valence-electron chi connectivity index (χ2n) is 6.79. The average Bonchev–Trinajstić information content (AvgIpc) is 2.74. The van der Waals surface area contributed by atoms with E-state index in [2.05, 4.69) is 5.32 Å². The topological polar surface area (TPSA) is 96.6 Å². The number of carbonyl (C=O) groups excluding carboxylic acids is 1. The molecule has 0 aliphatic rings. The summed E-state index contributed by atoms with van der Waals surface area (Å²) in [7, 11) is 0. The van der Waals surface area contributed by atoms with Crippen molar-refractivity contribution in [2.45, 2.75) is 6.42 Å². The van der Waals surface area contributed by atoms with Gasteiger partial charge in [0.2, 0.25) is 0 Å². The maximum Gasteiger partial charge on any atom is 0.344 e. The van der Waals surface area contributed by atoms with E-state index in [0.717, 1.165) is 5.39 Å². The Kier molecular flexibility index (Phi) is 5.13. The van der Waals surface area contributed by atoms with Crippen LogP contribution in [0.15, 0.2) is 88.1 Å². The molecule has 148 valence electrons. The molecule has 0 fully saturated rings. The van der Waals surface area contributed by atoms with Gasteiger partial charge in [-0.25, -0.2) is 4.79 Å². The molecule has 0 radical (unpaired) electrons. The molecule has 0 saturated carbocycles. The van der Waals surface area contributed by atoms with Gasteiger partial charge >= 0.3 is 11.6 Å². The summed E-state index contributed by atoms with van der Waals surface area (Å²) in [6.07, 6.45) is -0.0788. The monoisotopic (exact) mass is 399 g/mol. The van der Waals surface area contributed by atoms with Crippen LogP contribution in [0, 0.1) is 0 Å². The standard InChI is InChI=1S/C24H17NO5/c26-22(27)12-15-8-10-19(11-9-15)25-23(28)18-6-3-5-16(13-18)20-14-17-4-1-2-7-21(17)30-24(20)29/h1-11,13-14H,12H2,(H,25,28)(H,26,27). The van der Waals surface area contributed by atoms with Gasteiger partial charge in [-0.2, -0.15) is 0 Å². The van der Waals surface area contributed by atoms with Crippen LogP contribution in [0.3, 0.4) is 0 Å². The summed E-state index contributed by atoms with van der Waals surface area (Å²) >= 11 is 0. The molecule has 6 nitrogen and oxygen atoms in total. The van der Waals surface area contributed by atoms with Crippen molar-refractivity contribution in [3.63, 3.8) is 0 Å². The van der Waals surface area contributed by atoms with Crippen molar-refractivity contribution in [3.8, 4) is 11.1 Å². The summed E-state index contributed by atoms with van der Waals surface area (Å²) < 4.78 is 5.38. The summed E-state index contributed by atoms with van der Waals surface area (Å²) in [4.78, 5) is 35.8. The SMILES string of the molecule is O=C(O)Cc1ccc(NC(=O)c2cccc(-c3cc4ccccc4oc3=O)c2)cc1. The van der Waals surface area contributed by atoms with Crippen LogP contribution < -0.4 is 10.9 Å². The minimum absolute atomic E-state index is 0.0788. The molecule has 0 unspecified atom stereocenters. The van der Waals surface area contributed by atoms with Crippen LogP contribution in [-0.4, -0.2) is 17.0 Å². The molecule has 30 heavy (non-hydrogen) atoms.